The van der Waals surface area contributed by atoms with Gasteiger partial charge in [0, 0.05) is 59.4 Å². The second kappa shape index (κ2) is 11.7. The van der Waals surface area contributed by atoms with Crippen molar-refractivity contribution in [3.05, 3.63) is 181 Å². The Kier molecular flexibility index (Phi) is 6.58. The third-order valence-corrected chi connectivity index (χ3v) is 14.5. The highest BCUT2D eigenvalue weighted by Gasteiger charge is 2.50. The van der Waals surface area contributed by atoms with Crippen molar-refractivity contribution in [3.63, 3.8) is 0 Å². The van der Waals surface area contributed by atoms with E-state index in [1.165, 1.54) is 119 Å². The largest absolute Gasteiger partial charge is 0.457 e. The first-order valence-corrected chi connectivity index (χ1v) is 21.3. The lowest BCUT2D eigenvalue weighted by molar-refractivity contribution is 0.433. The fourth-order valence-corrected chi connectivity index (χ4v) is 12.3. The van der Waals surface area contributed by atoms with Crippen LogP contribution in [0.2, 0.25) is 0 Å². The molecule has 0 N–H and O–H groups in total. The van der Waals surface area contributed by atoms with Crippen molar-refractivity contribution < 1.29 is 4.74 Å². The monoisotopic (exact) mass is 735 g/mol. The van der Waals surface area contributed by atoms with Crippen LogP contribution in [0.3, 0.4) is 0 Å². The Balaban J connectivity index is 1.29. The van der Waals surface area contributed by atoms with E-state index in [2.05, 4.69) is 125 Å². The van der Waals surface area contributed by atoms with E-state index in [9.17, 15) is 0 Å². The van der Waals surface area contributed by atoms with Gasteiger partial charge in [-0.05, 0) is 159 Å². The number of aryl methyl sites for hydroxylation is 4. The Morgan fingerprint density at radius 3 is 2.07 bits per heavy atom. The number of ether oxygens (including phenoxy) is 1. The van der Waals surface area contributed by atoms with E-state index in [0.29, 0.717) is 0 Å². The third-order valence-electron chi connectivity index (χ3n) is 14.5. The minimum atomic E-state index is -0.638. The number of terminal acetylenes is 1. The second-order valence-electron chi connectivity index (χ2n) is 17.3. The number of anilines is 1. The fraction of sp³-hybridized carbons (Fsp3) is 0.241. The normalized spacial score (nSPS) is 17.8. The first kappa shape index (κ1) is 32.0. The topological polar surface area (TPSA) is 15.5 Å². The zero-order valence-corrected chi connectivity index (χ0v) is 32.3. The molecule has 0 atom stereocenters. The molecule has 57 heavy (non-hydrogen) atoms. The third kappa shape index (κ3) is 4.21. The molecule has 0 unspecified atom stereocenters. The first-order chi connectivity index (χ1) is 28.2. The van der Waals surface area contributed by atoms with Crippen LogP contribution in [0, 0.1) is 12.3 Å². The number of nitrogens with zero attached hydrogens (tertiary/aromatic N) is 2. The predicted octanol–water partition coefficient (Wildman–Crippen LogP) is 9.11. The predicted molar refractivity (Wildman–Crippen MR) is 232 cm³/mol. The number of hydrogen-bond acceptors (Lipinski definition) is 2. The molecule has 5 aliphatic heterocycles. The minimum absolute atomic E-state index is 0.638. The van der Waals surface area contributed by atoms with Gasteiger partial charge in [-0.15, -0.1) is 6.42 Å². The van der Waals surface area contributed by atoms with E-state index in [1.807, 2.05) is 0 Å². The van der Waals surface area contributed by atoms with Crippen molar-refractivity contribution in [2.45, 2.75) is 56.8 Å². The van der Waals surface area contributed by atoms with E-state index in [1.54, 1.807) is 0 Å². The molecular weight excluding hydrogens is 693 g/mol. The van der Waals surface area contributed by atoms with Crippen molar-refractivity contribution in [3.8, 4) is 23.8 Å². The summed E-state index contributed by atoms with van der Waals surface area (Å²) in [5.41, 5.74) is 16.6. The summed E-state index contributed by atoms with van der Waals surface area (Å²) in [5, 5.41) is 8.26. The summed E-state index contributed by atoms with van der Waals surface area (Å²) in [7, 11) is 0. The van der Waals surface area contributed by atoms with Crippen molar-refractivity contribution in [2.75, 3.05) is 31.1 Å². The molecule has 13 rings (SSSR count). The van der Waals surface area contributed by atoms with Crippen LogP contribution < -0.4 is 24.8 Å². The number of rotatable bonds is 1. The molecule has 7 aromatic carbocycles. The highest BCUT2D eigenvalue weighted by molar-refractivity contribution is 6.01. The lowest BCUT2D eigenvalue weighted by Gasteiger charge is -2.45. The summed E-state index contributed by atoms with van der Waals surface area (Å²) in [6.07, 6.45) is 15.8. The molecule has 0 bridgehead atoms. The van der Waals surface area contributed by atoms with Crippen molar-refractivity contribution in [1.82, 2.24) is 4.58 Å². The van der Waals surface area contributed by atoms with Gasteiger partial charge >= 0.3 is 0 Å². The average Bonchev–Trinajstić information content (AvgIpc) is 3.26. The summed E-state index contributed by atoms with van der Waals surface area (Å²) in [4.78, 5) is 2.68. The van der Waals surface area contributed by atoms with E-state index in [0.717, 1.165) is 74.5 Å². The van der Waals surface area contributed by atoms with Crippen molar-refractivity contribution >= 4 is 32.8 Å². The number of hydrogen-bond donors (Lipinski definition) is 0. The van der Waals surface area contributed by atoms with Crippen LogP contribution in [-0.2, 0) is 31.1 Å². The molecule has 3 heteroatoms. The quantitative estimate of drug-likeness (QED) is 0.124. The Bertz CT molecular complexity index is 3090. The molecule has 7 aromatic rings. The van der Waals surface area contributed by atoms with Crippen LogP contribution in [0.5, 0.6) is 11.5 Å². The van der Waals surface area contributed by atoms with Crippen LogP contribution in [0.25, 0.3) is 27.1 Å². The van der Waals surface area contributed by atoms with Gasteiger partial charge in [-0.2, -0.15) is 0 Å². The fourth-order valence-electron chi connectivity index (χ4n) is 12.3. The molecule has 0 saturated heterocycles. The van der Waals surface area contributed by atoms with Crippen molar-refractivity contribution in [1.29, 1.82) is 0 Å². The molecule has 0 radical (unpaired) electrons. The molecule has 0 saturated carbocycles. The Hall–Kier alpha value is -6.11. The van der Waals surface area contributed by atoms with Gasteiger partial charge < -0.3 is 9.64 Å². The number of fused-ring (bicyclic) bond motifs is 12. The van der Waals surface area contributed by atoms with Crippen LogP contribution in [0.1, 0.15) is 86.9 Å². The van der Waals surface area contributed by atoms with Gasteiger partial charge in [0.05, 0.1) is 5.41 Å². The Labute approximate surface area is 333 Å². The van der Waals surface area contributed by atoms with Gasteiger partial charge in [0.1, 0.15) is 24.6 Å². The van der Waals surface area contributed by atoms with Crippen molar-refractivity contribution in [2.24, 2.45) is 0 Å². The molecule has 0 fully saturated rings. The lowest BCUT2D eigenvalue weighted by atomic mass is 9.58. The maximum Gasteiger partial charge on any atom is 0.206 e. The summed E-state index contributed by atoms with van der Waals surface area (Å²) >= 11 is 0. The number of para-hydroxylation sites is 2. The summed E-state index contributed by atoms with van der Waals surface area (Å²) < 4.78 is 9.58. The van der Waals surface area contributed by atoms with Crippen LogP contribution in [0.4, 0.5) is 5.69 Å². The van der Waals surface area contributed by atoms with E-state index >= 15 is 0 Å². The Morgan fingerprint density at radius 2 is 1.25 bits per heavy atom. The SMILES string of the molecule is C#Cc1ccccc1C1=c2cc3cc4c5c(c3cc2C2(c3ccccc3Oc3ccccc32)c2cc3c6c7c(cc3cc21)CCCN7CCC6)CCC[N+]=5CCC4. The van der Waals surface area contributed by atoms with E-state index in [4.69, 9.17) is 11.2 Å². The van der Waals surface area contributed by atoms with Gasteiger partial charge in [0.2, 0.25) is 5.36 Å². The van der Waals surface area contributed by atoms with E-state index < -0.39 is 5.41 Å². The van der Waals surface area contributed by atoms with Crippen LogP contribution >= 0.6 is 0 Å². The van der Waals surface area contributed by atoms with Gasteiger partial charge in [-0.1, -0.05) is 60.5 Å². The van der Waals surface area contributed by atoms with Crippen LogP contribution in [-0.4, -0.2) is 26.2 Å². The Morgan fingerprint density at radius 1 is 0.596 bits per heavy atom. The van der Waals surface area contributed by atoms with Gasteiger partial charge in [-0.25, -0.2) is 4.58 Å². The standard InChI is InChI=1S/C54H43N2O/c1-2-33-13-3-4-16-38(33)51-43-29-36-27-34-14-9-23-55-25-11-17-39(52(34)55)41(36)31-47(43)54(45-19-5-7-21-49(45)57-50-22-8-6-20-46(50)54)48-32-42-37(30-44(48)51)28-35-15-10-24-56-26-12-18-40(42)53(35)56/h1,3-8,13,16,19-22,27-32H,9-12,14-15,17-18,23-26H2/q+1. The first-order valence-electron chi connectivity index (χ1n) is 21.3. The summed E-state index contributed by atoms with van der Waals surface area (Å²) in [5.74, 6) is 4.98. The van der Waals surface area contributed by atoms with Gasteiger partial charge in [0.15, 0.2) is 0 Å². The minimum Gasteiger partial charge on any atom is -0.457 e. The summed E-state index contributed by atoms with van der Waals surface area (Å²) in [6, 6.07) is 41.8. The molecule has 0 amide bonds. The molecule has 6 aliphatic rings. The maximum absolute atomic E-state index is 6.90. The van der Waals surface area contributed by atoms with E-state index in [-0.39, 0.29) is 0 Å². The zero-order valence-electron chi connectivity index (χ0n) is 32.3. The smallest absolute Gasteiger partial charge is 0.206 e. The number of benzene rings is 7. The molecule has 0 aromatic heterocycles. The molecule has 3 nitrogen and oxygen atoms in total. The maximum atomic E-state index is 6.90. The highest BCUT2D eigenvalue weighted by Crippen LogP contribution is 2.58. The molecule has 1 aliphatic carbocycles. The van der Waals surface area contributed by atoms with Gasteiger partial charge in [-0.3, -0.25) is 0 Å². The molecule has 5 heterocycles. The highest BCUT2D eigenvalue weighted by atomic mass is 16.5. The zero-order chi connectivity index (χ0) is 37.4. The molecule has 274 valence electrons. The summed E-state index contributed by atoms with van der Waals surface area (Å²) in [6.45, 7) is 4.62. The van der Waals surface area contributed by atoms with Crippen LogP contribution in [0.15, 0.2) is 109 Å². The average molecular weight is 736 g/mol. The molecular formula is C54H43N2O+. The molecule has 1 spiro atoms. The van der Waals surface area contributed by atoms with Gasteiger partial charge in [0.25, 0.3) is 0 Å². The lowest BCUT2D eigenvalue weighted by Crippen LogP contribution is -2.44. The second-order valence-corrected chi connectivity index (χ2v) is 17.3.